The van der Waals surface area contributed by atoms with Crippen molar-refractivity contribution < 1.29 is 4.42 Å². The van der Waals surface area contributed by atoms with E-state index in [2.05, 4.69) is 15.2 Å². The molecule has 0 spiro atoms. The number of anilines is 2. The van der Waals surface area contributed by atoms with E-state index < -0.39 is 0 Å². The van der Waals surface area contributed by atoms with Gasteiger partial charge in [0.15, 0.2) is 11.6 Å². The van der Waals surface area contributed by atoms with Gasteiger partial charge in [0.1, 0.15) is 5.76 Å². The Labute approximate surface area is 103 Å². The van der Waals surface area contributed by atoms with E-state index in [0.717, 1.165) is 11.3 Å². The van der Waals surface area contributed by atoms with Crippen LogP contribution in [0.4, 0.5) is 11.6 Å². The Bertz CT molecular complexity index is 668. The highest BCUT2D eigenvalue weighted by Crippen LogP contribution is 2.27. The zero-order valence-electron chi connectivity index (χ0n) is 9.42. The van der Waals surface area contributed by atoms with Gasteiger partial charge in [-0.25, -0.2) is 0 Å². The van der Waals surface area contributed by atoms with Crippen molar-refractivity contribution in [3.05, 3.63) is 36.4 Å². The number of aromatic nitrogens is 3. The second-order valence-electron chi connectivity index (χ2n) is 3.83. The summed E-state index contributed by atoms with van der Waals surface area (Å²) in [6.45, 7) is 0. The Morgan fingerprint density at radius 1 is 0.944 bits per heavy atom. The first-order valence-electron chi connectivity index (χ1n) is 5.36. The van der Waals surface area contributed by atoms with E-state index in [1.165, 1.54) is 0 Å². The molecule has 0 saturated carbocycles. The van der Waals surface area contributed by atoms with Gasteiger partial charge in [-0.1, -0.05) is 0 Å². The Morgan fingerprint density at radius 3 is 2.33 bits per heavy atom. The topological polar surface area (TPSA) is 107 Å². The van der Waals surface area contributed by atoms with E-state index in [1.54, 1.807) is 0 Å². The lowest BCUT2D eigenvalue weighted by Crippen LogP contribution is -1.85. The molecule has 3 aromatic rings. The van der Waals surface area contributed by atoms with E-state index in [4.69, 9.17) is 15.9 Å². The maximum Gasteiger partial charge on any atom is 0.239 e. The van der Waals surface area contributed by atoms with Gasteiger partial charge in [0.25, 0.3) is 0 Å². The van der Waals surface area contributed by atoms with E-state index in [-0.39, 0.29) is 5.95 Å². The minimum atomic E-state index is 0.190. The third kappa shape index (κ3) is 1.80. The third-order valence-electron chi connectivity index (χ3n) is 2.54. The van der Waals surface area contributed by atoms with E-state index in [1.807, 2.05) is 36.4 Å². The lowest BCUT2D eigenvalue weighted by molar-refractivity contribution is 0.592. The Morgan fingerprint density at radius 2 is 1.67 bits per heavy atom. The number of furan rings is 1. The van der Waals surface area contributed by atoms with Gasteiger partial charge < -0.3 is 15.9 Å². The molecule has 0 amide bonds. The second kappa shape index (κ2) is 3.92. The average molecular weight is 241 g/mol. The fraction of sp³-hybridized carbons (Fsp3) is 0. The van der Waals surface area contributed by atoms with Gasteiger partial charge in [-0.2, -0.15) is 4.98 Å². The predicted molar refractivity (Wildman–Crippen MR) is 68.3 cm³/mol. The minimum Gasteiger partial charge on any atom is -0.453 e. The summed E-state index contributed by atoms with van der Waals surface area (Å²) in [5, 5.41) is 6.45. The fourth-order valence-corrected chi connectivity index (χ4v) is 1.65. The van der Waals surface area contributed by atoms with Crippen LogP contribution in [0.5, 0.6) is 0 Å². The minimum absolute atomic E-state index is 0.190. The molecule has 0 saturated heterocycles. The van der Waals surface area contributed by atoms with Gasteiger partial charge in [0.2, 0.25) is 5.95 Å². The van der Waals surface area contributed by atoms with Gasteiger partial charge >= 0.3 is 0 Å². The van der Waals surface area contributed by atoms with Crippen molar-refractivity contribution in [1.29, 1.82) is 0 Å². The molecule has 90 valence electrons. The number of nitrogens with zero attached hydrogens (tertiary/aromatic N) is 2. The summed E-state index contributed by atoms with van der Waals surface area (Å²) in [6.07, 6.45) is 0. The average Bonchev–Trinajstić information content (AvgIpc) is 2.98. The van der Waals surface area contributed by atoms with Crippen molar-refractivity contribution in [1.82, 2.24) is 15.2 Å². The van der Waals surface area contributed by atoms with Crippen LogP contribution in [0.15, 0.2) is 40.8 Å². The Hall–Kier alpha value is -2.76. The monoisotopic (exact) mass is 241 g/mol. The van der Waals surface area contributed by atoms with Gasteiger partial charge in [-0.3, -0.25) is 5.10 Å². The summed E-state index contributed by atoms with van der Waals surface area (Å²) >= 11 is 0. The first kappa shape index (κ1) is 10.4. The van der Waals surface area contributed by atoms with Crippen molar-refractivity contribution in [2.45, 2.75) is 0 Å². The van der Waals surface area contributed by atoms with E-state index in [9.17, 15) is 0 Å². The smallest absolute Gasteiger partial charge is 0.239 e. The molecule has 0 aliphatic heterocycles. The predicted octanol–water partition coefficient (Wildman–Crippen LogP) is 1.90. The molecule has 5 N–H and O–H groups in total. The third-order valence-corrected chi connectivity index (χ3v) is 2.54. The van der Waals surface area contributed by atoms with Gasteiger partial charge in [-0.05, 0) is 36.4 Å². The zero-order valence-corrected chi connectivity index (χ0v) is 9.42. The van der Waals surface area contributed by atoms with Crippen LogP contribution in [-0.4, -0.2) is 15.2 Å². The highest BCUT2D eigenvalue weighted by Gasteiger charge is 2.09. The molecule has 1 aromatic carbocycles. The maximum absolute atomic E-state index is 5.68. The van der Waals surface area contributed by atoms with Crippen LogP contribution in [0, 0.1) is 0 Å². The van der Waals surface area contributed by atoms with Crippen LogP contribution in [0.3, 0.4) is 0 Å². The lowest BCUT2D eigenvalue weighted by Gasteiger charge is -1.97. The Kier molecular flexibility index (Phi) is 2.26. The number of hydrogen-bond acceptors (Lipinski definition) is 5. The number of nitrogens with two attached hydrogens (primary N) is 2. The van der Waals surface area contributed by atoms with Crippen molar-refractivity contribution in [2.75, 3.05) is 11.5 Å². The summed E-state index contributed by atoms with van der Waals surface area (Å²) in [4.78, 5) is 4.00. The molecular formula is C12H11N5O. The molecule has 6 nitrogen and oxygen atoms in total. The van der Waals surface area contributed by atoms with E-state index in [0.29, 0.717) is 17.3 Å². The van der Waals surface area contributed by atoms with Crippen LogP contribution in [0.2, 0.25) is 0 Å². The molecule has 18 heavy (non-hydrogen) atoms. The first-order chi connectivity index (χ1) is 8.72. The SMILES string of the molecule is Nc1ccc(-c2ccc(-c3nc(N)n[nH]3)o2)cc1. The highest BCUT2D eigenvalue weighted by atomic mass is 16.3. The summed E-state index contributed by atoms with van der Waals surface area (Å²) in [7, 11) is 0. The highest BCUT2D eigenvalue weighted by molar-refractivity contribution is 5.63. The maximum atomic E-state index is 5.68. The van der Waals surface area contributed by atoms with Crippen LogP contribution in [0.1, 0.15) is 0 Å². The quantitative estimate of drug-likeness (QED) is 0.594. The summed E-state index contributed by atoms with van der Waals surface area (Å²) in [6, 6.07) is 11.1. The molecule has 3 rings (SSSR count). The van der Waals surface area contributed by atoms with Crippen molar-refractivity contribution >= 4 is 11.6 Å². The van der Waals surface area contributed by atoms with Gasteiger partial charge in [0, 0.05) is 11.3 Å². The molecule has 0 atom stereocenters. The van der Waals surface area contributed by atoms with Crippen LogP contribution >= 0.6 is 0 Å². The van der Waals surface area contributed by atoms with Crippen molar-refractivity contribution in [2.24, 2.45) is 0 Å². The number of nitrogens with one attached hydrogen (secondary N) is 1. The lowest BCUT2D eigenvalue weighted by atomic mass is 10.1. The summed E-state index contributed by atoms with van der Waals surface area (Å²) < 4.78 is 5.68. The number of aromatic amines is 1. The molecule has 0 aliphatic rings. The number of rotatable bonds is 2. The fourth-order valence-electron chi connectivity index (χ4n) is 1.65. The van der Waals surface area contributed by atoms with Crippen LogP contribution in [-0.2, 0) is 0 Å². The number of hydrogen-bond donors (Lipinski definition) is 3. The molecule has 0 fully saturated rings. The molecule has 2 heterocycles. The van der Waals surface area contributed by atoms with Crippen LogP contribution in [0.25, 0.3) is 22.9 Å². The largest absolute Gasteiger partial charge is 0.453 e. The molecule has 2 aromatic heterocycles. The van der Waals surface area contributed by atoms with Crippen molar-refractivity contribution in [3.63, 3.8) is 0 Å². The first-order valence-corrected chi connectivity index (χ1v) is 5.36. The van der Waals surface area contributed by atoms with Crippen molar-refractivity contribution in [3.8, 4) is 22.9 Å². The number of benzene rings is 1. The van der Waals surface area contributed by atoms with Gasteiger partial charge in [0.05, 0.1) is 0 Å². The number of H-pyrrole nitrogens is 1. The number of nitrogen functional groups attached to an aromatic ring is 2. The molecular weight excluding hydrogens is 230 g/mol. The molecule has 0 bridgehead atoms. The molecule has 0 aliphatic carbocycles. The summed E-state index contributed by atoms with van der Waals surface area (Å²) in [5.41, 5.74) is 12.7. The normalized spacial score (nSPS) is 10.7. The molecule has 6 heteroatoms. The Balaban J connectivity index is 1.96. The van der Waals surface area contributed by atoms with E-state index >= 15 is 0 Å². The molecule has 0 radical (unpaired) electrons. The van der Waals surface area contributed by atoms with Gasteiger partial charge in [-0.15, -0.1) is 5.10 Å². The second-order valence-corrected chi connectivity index (χ2v) is 3.83. The zero-order chi connectivity index (χ0) is 12.5. The standard InChI is InChI=1S/C12H11N5O/c13-8-3-1-7(2-4-8)9-5-6-10(18-9)11-15-12(14)17-16-11/h1-6H,13H2,(H3,14,15,16,17). The van der Waals surface area contributed by atoms with Crippen LogP contribution < -0.4 is 11.5 Å². The summed E-state index contributed by atoms with van der Waals surface area (Å²) in [5.74, 6) is 2.02. The molecule has 0 unspecified atom stereocenters.